The molecule has 2 aliphatic rings. The summed E-state index contributed by atoms with van der Waals surface area (Å²) >= 11 is 0. The van der Waals surface area contributed by atoms with Crippen molar-refractivity contribution in [2.45, 2.75) is 18.6 Å². The molecule has 1 aliphatic heterocycles. The van der Waals surface area contributed by atoms with E-state index in [4.69, 9.17) is 9.47 Å². The molecule has 3 rings (SSSR count). The predicted molar refractivity (Wildman–Crippen MR) is 70.9 cm³/mol. The van der Waals surface area contributed by atoms with Gasteiger partial charge in [-0.2, -0.15) is 0 Å². The zero-order valence-corrected chi connectivity index (χ0v) is 11.0. The first-order valence-electron chi connectivity index (χ1n) is 6.77. The van der Waals surface area contributed by atoms with E-state index >= 15 is 0 Å². The third kappa shape index (κ3) is 2.26. The largest absolute Gasteiger partial charge is 0.384 e. The molecule has 1 amide bonds. The minimum atomic E-state index is -0.00273. The van der Waals surface area contributed by atoms with Crippen LogP contribution in [0.25, 0.3) is 0 Å². The molecule has 1 aromatic rings. The van der Waals surface area contributed by atoms with E-state index in [0.717, 1.165) is 13.0 Å². The fourth-order valence-corrected chi connectivity index (χ4v) is 3.26. The lowest BCUT2D eigenvalue weighted by molar-refractivity contribution is -0.0809. The highest BCUT2D eigenvalue weighted by Crippen LogP contribution is 2.43. The molecule has 1 aliphatic carbocycles. The van der Waals surface area contributed by atoms with E-state index in [9.17, 15) is 4.79 Å². The van der Waals surface area contributed by atoms with Gasteiger partial charge in [-0.1, -0.05) is 18.2 Å². The number of fused-ring (bicyclic) bond motifs is 1. The summed E-state index contributed by atoms with van der Waals surface area (Å²) in [4.78, 5) is 12.2. The summed E-state index contributed by atoms with van der Waals surface area (Å²) in [6.45, 7) is 1.44. The van der Waals surface area contributed by atoms with Crippen LogP contribution in [0.2, 0.25) is 0 Å². The Morgan fingerprint density at radius 1 is 1.42 bits per heavy atom. The Labute approximate surface area is 113 Å². The Hall–Kier alpha value is -1.39. The standard InChI is InChI=1S/C15H19NO3/c1-18-9-12-13(11-7-8-19-14(11)12)16-15(17)10-5-3-2-4-6-10/h2-6,11-14H,7-9H2,1H3,(H,16,17)/t11-,12+,13-,14-/m1/s1. The van der Waals surface area contributed by atoms with Crippen LogP contribution in [-0.4, -0.2) is 38.4 Å². The maximum absolute atomic E-state index is 12.2. The first-order valence-corrected chi connectivity index (χ1v) is 6.77. The molecule has 2 fully saturated rings. The molecule has 0 aromatic heterocycles. The second kappa shape index (κ2) is 5.31. The number of ether oxygens (including phenoxy) is 2. The molecule has 1 heterocycles. The molecule has 1 saturated carbocycles. The lowest BCUT2D eigenvalue weighted by Gasteiger charge is -2.47. The van der Waals surface area contributed by atoms with E-state index in [1.807, 2.05) is 30.3 Å². The zero-order valence-electron chi connectivity index (χ0n) is 11.0. The fraction of sp³-hybridized carbons (Fsp3) is 0.533. The molecule has 19 heavy (non-hydrogen) atoms. The van der Waals surface area contributed by atoms with Crippen molar-refractivity contribution in [2.24, 2.45) is 11.8 Å². The normalized spacial score (nSPS) is 32.5. The van der Waals surface area contributed by atoms with Gasteiger partial charge in [0.2, 0.25) is 0 Å². The van der Waals surface area contributed by atoms with Crippen LogP contribution >= 0.6 is 0 Å². The van der Waals surface area contributed by atoms with Gasteiger partial charge < -0.3 is 14.8 Å². The highest BCUT2D eigenvalue weighted by molar-refractivity contribution is 5.94. The van der Waals surface area contributed by atoms with Crippen LogP contribution in [0.15, 0.2) is 30.3 Å². The number of hydrogen-bond donors (Lipinski definition) is 1. The first-order chi connectivity index (χ1) is 9.31. The van der Waals surface area contributed by atoms with Crippen molar-refractivity contribution in [1.29, 1.82) is 0 Å². The highest BCUT2D eigenvalue weighted by atomic mass is 16.5. The maximum atomic E-state index is 12.2. The van der Waals surface area contributed by atoms with Gasteiger partial charge >= 0.3 is 0 Å². The quantitative estimate of drug-likeness (QED) is 0.892. The van der Waals surface area contributed by atoms with Crippen molar-refractivity contribution in [3.05, 3.63) is 35.9 Å². The van der Waals surface area contributed by atoms with Crippen LogP contribution in [-0.2, 0) is 9.47 Å². The van der Waals surface area contributed by atoms with Crippen LogP contribution in [0, 0.1) is 11.8 Å². The molecule has 1 aromatic carbocycles. The van der Waals surface area contributed by atoms with Crippen molar-refractivity contribution >= 4 is 5.91 Å². The smallest absolute Gasteiger partial charge is 0.251 e. The number of benzene rings is 1. The third-order valence-electron chi connectivity index (χ3n) is 4.22. The monoisotopic (exact) mass is 261 g/mol. The molecule has 1 saturated heterocycles. The highest BCUT2D eigenvalue weighted by Gasteiger charge is 2.54. The van der Waals surface area contributed by atoms with Crippen molar-refractivity contribution in [3.63, 3.8) is 0 Å². The average molecular weight is 261 g/mol. The summed E-state index contributed by atoms with van der Waals surface area (Å²) in [6.07, 6.45) is 1.30. The van der Waals surface area contributed by atoms with Gasteiger partial charge in [-0.05, 0) is 18.6 Å². The number of rotatable bonds is 4. The molecule has 4 heteroatoms. The number of methoxy groups -OCH3 is 1. The summed E-state index contributed by atoms with van der Waals surface area (Å²) in [6, 6.07) is 9.52. The number of nitrogens with one attached hydrogen (secondary N) is 1. The Balaban J connectivity index is 1.67. The molecule has 4 nitrogen and oxygen atoms in total. The topological polar surface area (TPSA) is 47.6 Å². The second-order valence-electron chi connectivity index (χ2n) is 5.27. The minimum Gasteiger partial charge on any atom is -0.384 e. The number of hydrogen-bond acceptors (Lipinski definition) is 3. The van der Waals surface area contributed by atoms with Gasteiger partial charge in [0.15, 0.2) is 0 Å². The average Bonchev–Trinajstić information content (AvgIpc) is 2.87. The maximum Gasteiger partial charge on any atom is 0.251 e. The zero-order chi connectivity index (χ0) is 13.2. The van der Waals surface area contributed by atoms with Crippen LogP contribution in [0.5, 0.6) is 0 Å². The van der Waals surface area contributed by atoms with E-state index < -0.39 is 0 Å². The molecular formula is C15H19NO3. The van der Waals surface area contributed by atoms with Crippen molar-refractivity contribution < 1.29 is 14.3 Å². The Morgan fingerprint density at radius 2 is 2.21 bits per heavy atom. The van der Waals surface area contributed by atoms with Gasteiger partial charge in [0.1, 0.15) is 0 Å². The summed E-state index contributed by atoms with van der Waals surface area (Å²) in [5, 5.41) is 3.14. The first kappa shape index (κ1) is 12.6. The van der Waals surface area contributed by atoms with Crippen LogP contribution in [0.1, 0.15) is 16.8 Å². The van der Waals surface area contributed by atoms with Crippen molar-refractivity contribution in [1.82, 2.24) is 5.32 Å². The lowest BCUT2D eigenvalue weighted by atomic mass is 9.67. The number of amides is 1. The van der Waals surface area contributed by atoms with Crippen molar-refractivity contribution in [3.8, 4) is 0 Å². The van der Waals surface area contributed by atoms with Gasteiger partial charge in [-0.25, -0.2) is 0 Å². The molecule has 0 radical (unpaired) electrons. The van der Waals surface area contributed by atoms with Crippen molar-refractivity contribution in [2.75, 3.05) is 20.3 Å². The van der Waals surface area contributed by atoms with Gasteiger partial charge in [0, 0.05) is 37.2 Å². The SMILES string of the molecule is COC[C@H]1[C@H](NC(=O)c2ccccc2)[C@H]2CCO[C@H]21. The van der Waals surface area contributed by atoms with Crippen LogP contribution < -0.4 is 5.32 Å². The summed E-state index contributed by atoms with van der Waals surface area (Å²) in [5.41, 5.74) is 0.709. The van der Waals surface area contributed by atoms with E-state index in [-0.39, 0.29) is 24.0 Å². The fourth-order valence-electron chi connectivity index (χ4n) is 3.26. The van der Waals surface area contributed by atoms with Crippen LogP contribution in [0.3, 0.4) is 0 Å². The number of carbonyl (C=O) groups is 1. The van der Waals surface area contributed by atoms with Gasteiger partial charge in [-0.3, -0.25) is 4.79 Å². The van der Waals surface area contributed by atoms with Gasteiger partial charge in [-0.15, -0.1) is 0 Å². The molecule has 4 atom stereocenters. The molecule has 1 N–H and O–H groups in total. The number of carbonyl (C=O) groups excluding carboxylic acids is 1. The molecular weight excluding hydrogens is 242 g/mol. The second-order valence-corrected chi connectivity index (χ2v) is 5.27. The Bertz CT molecular complexity index is 448. The summed E-state index contributed by atoms with van der Waals surface area (Å²) in [7, 11) is 1.69. The molecule has 0 spiro atoms. The third-order valence-corrected chi connectivity index (χ3v) is 4.22. The van der Waals surface area contributed by atoms with E-state index in [0.29, 0.717) is 18.1 Å². The van der Waals surface area contributed by atoms with E-state index in [2.05, 4.69) is 5.32 Å². The Kier molecular flexibility index (Phi) is 3.53. The van der Waals surface area contributed by atoms with E-state index in [1.165, 1.54) is 0 Å². The van der Waals surface area contributed by atoms with Gasteiger partial charge in [0.05, 0.1) is 12.7 Å². The summed E-state index contributed by atoms with van der Waals surface area (Å²) < 4.78 is 10.9. The summed E-state index contributed by atoms with van der Waals surface area (Å²) in [5.74, 6) is 0.732. The lowest BCUT2D eigenvalue weighted by Crippen LogP contribution is -2.62. The molecule has 0 unspecified atom stereocenters. The Morgan fingerprint density at radius 3 is 2.95 bits per heavy atom. The predicted octanol–water partition coefficient (Wildman–Crippen LogP) is 1.47. The van der Waals surface area contributed by atoms with Gasteiger partial charge in [0.25, 0.3) is 5.91 Å². The van der Waals surface area contributed by atoms with Crippen LogP contribution in [0.4, 0.5) is 0 Å². The minimum absolute atomic E-state index is 0.00273. The molecule has 0 bridgehead atoms. The van der Waals surface area contributed by atoms with E-state index in [1.54, 1.807) is 7.11 Å². The molecule has 102 valence electrons.